The first-order valence-electron chi connectivity index (χ1n) is 6.53. The predicted molar refractivity (Wildman–Crippen MR) is 73.2 cm³/mol. The van der Waals surface area contributed by atoms with E-state index < -0.39 is 5.91 Å². The number of carbonyl (C=O) groups excluding carboxylic acids is 1. The minimum absolute atomic E-state index is 0.0266. The normalized spacial score (nSPS) is 10.9. The quantitative estimate of drug-likeness (QED) is 0.356. The van der Waals surface area contributed by atoms with Crippen molar-refractivity contribution < 1.29 is 14.3 Å². The van der Waals surface area contributed by atoms with Crippen LogP contribution in [0.25, 0.3) is 0 Å². The van der Waals surface area contributed by atoms with E-state index >= 15 is 0 Å². The van der Waals surface area contributed by atoms with E-state index in [1.165, 1.54) is 12.5 Å². The van der Waals surface area contributed by atoms with Gasteiger partial charge < -0.3 is 20.2 Å². The summed E-state index contributed by atoms with van der Waals surface area (Å²) in [6, 6.07) is 5.33. The van der Waals surface area contributed by atoms with Crippen LogP contribution in [-0.4, -0.2) is 24.2 Å². The highest BCUT2D eigenvalue weighted by Gasteiger charge is 2.08. The highest BCUT2D eigenvalue weighted by Crippen LogP contribution is 2.00. The molecule has 0 aliphatic heterocycles. The van der Waals surface area contributed by atoms with Crippen LogP contribution in [0.3, 0.4) is 0 Å². The number of amides is 1. The molecule has 6 nitrogen and oxygen atoms in total. The molecule has 1 amide bonds. The van der Waals surface area contributed by atoms with Gasteiger partial charge in [0.25, 0.3) is 5.91 Å². The van der Waals surface area contributed by atoms with Crippen molar-refractivity contribution in [1.82, 2.24) is 10.6 Å². The number of hydrogen-bond donors (Lipinski definition) is 3. The fraction of sp³-hybridized carbons (Fsp3) is 0.429. The molecule has 1 aromatic heterocycles. The molecule has 1 rings (SSSR count). The third-order valence-corrected chi connectivity index (χ3v) is 2.59. The minimum atomic E-state index is -0.438. The van der Waals surface area contributed by atoms with Gasteiger partial charge in [-0.25, -0.2) is 0 Å². The minimum Gasteiger partial charge on any atom is -0.467 e. The average molecular weight is 277 g/mol. The molecular formula is C14H19N3O3. The molecule has 0 unspecified atom stereocenters. The molecule has 108 valence electrons. The van der Waals surface area contributed by atoms with E-state index in [-0.39, 0.29) is 18.7 Å². The number of furan rings is 1. The molecule has 0 aromatic carbocycles. The zero-order valence-corrected chi connectivity index (χ0v) is 11.3. The molecule has 0 aliphatic carbocycles. The summed E-state index contributed by atoms with van der Waals surface area (Å²) < 4.78 is 5.08. The molecule has 3 N–H and O–H groups in total. The molecule has 0 fully saturated rings. The van der Waals surface area contributed by atoms with E-state index in [9.17, 15) is 4.79 Å². The lowest BCUT2D eigenvalue weighted by molar-refractivity contribution is -0.117. The van der Waals surface area contributed by atoms with Crippen LogP contribution in [0.5, 0.6) is 0 Å². The maximum Gasteiger partial charge on any atom is 0.263 e. The molecule has 0 saturated carbocycles. The molecule has 0 saturated heterocycles. The van der Waals surface area contributed by atoms with Crippen LogP contribution in [0.2, 0.25) is 0 Å². The summed E-state index contributed by atoms with van der Waals surface area (Å²) in [6.07, 6.45) is 5.49. The van der Waals surface area contributed by atoms with Gasteiger partial charge in [-0.2, -0.15) is 5.26 Å². The Morgan fingerprint density at radius 1 is 1.45 bits per heavy atom. The number of aliphatic hydroxyl groups is 1. The van der Waals surface area contributed by atoms with Crippen molar-refractivity contribution in [3.05, 3.63) is 35.9 Å². The van der Waals surface area contributed by atoms with Crippen LogP contribution in [0.1, 0.15) is 25.0 Å². The molecule has 20 heavy (non-hydrogen) atoms. The van der Waals surface area contributed by atoms with Gasteiger partial charge in [-0.1, -0.05) is 0 Å². The Hall–Kier alpha value is -2.26. The first-order chi connectivity index (χ1) is 9.77. The molecule has 6 heteroatoms. The van der Waals surface area contributed by atoms with E-state index in [4.69, 9.17) is 14.8 Å². The fourth-order valence-electron chi connectivity index (χ4n) is 1.51. The van der Waals surface area contributed by atoms with E-state index in [0.717, 1.165) is 19.3 Å². The van der Waals surface area contributed by atoms with Crippen molar-refractivity contribution in [3.63, 3.8) is 0 Å². The van der Waals surface area contributed by atoms with Gasteiger partial charge in [0.05, 0.1) is 12.8 Å². The second-order valence-corrected chi connectivity index (χ2v) is 4.17. The highest BCUT2D eigenvalue weighted by atomic mass is 16.3. The van der Waals surface area contributed by atoms with Crippen molar-refractivity contribution >= 4 is 5.91 Å². The molecule has 1 heterocycles. The van der Waals surface area contributed by atoms with E-state index in [0.29, 0.717) is 12.3 Å². The monoisotopic (exact) mass is 277 g/mol. The summed E-state index contributed by atoms with van der Waals surface area (Å²) in [6.45, 7) is 1.10. The fourth-order valence-corrected chi connectivity index (χ4v) is 1.51. The first-order valence-corrected chi connectivity index (χ1v) is 6.53. The zero-order valence-electron chi connectivity index (χ0n) is 11.3. The molecule has 0 spiro atoms. The van der Waals surface area contributed by atoms with Crippen LogP contribution in [0, 0.1) is 11.3 Å². The van der Waals surface area contributed by atoms with Gasteiger partial charge in [-0.15, -0.1) is 0 Å². The Kier molecular flexibility index (Phi) is 7.62. The third-order valence-electron chi connectivity index (χ3n) is 2.59. The smallest absolute Gasteiger partial charge is 0.263 e. The van der Waals surface area contributed by atoms with Crippen LogP contribution in [0.4, 0.5) is 0 Å². The van der Waals surface area contributed by atoms with Gasteiger partial charge in [0.2, 0.25) is 0 Å². The molecule has 0 aliphatic rings. The first kappa shape index (κ1) is 15.8. The SMILES string of the molecule is N#C/C(=C/NCCCCCO)C(=O)NCc1ccco1. The second-order valence-electron chi connectivity index (χ2n) is 4.17. The summed E-state index contributed by atoms with van der Waals surface area (Å²) in [5, 5.41) is 23.1. The van der Waals surface area contributed by atoms with Gasteiger partial charge >= 0.3 is 0 Å². The average Bonchev–Trinajstić information content (AvgIpc) is 2.97. The van der Waals surface area contributed by atoms with Crippen molar-refractivity contribution in [2.24, 2.45) is 0 Å². The predicted octanol–water partition coefficient (Wildman–Crippen LogP) is 1.06. The Labute approximate surface area is 118 Å². The molecule has 1 aromatic rings. The lowest BCUT2D eigenvalue weighted by Crippen LogP contribution is -2.25. The topological polar surface area (TPSA) is 98.3 Å². The number of carbonyl (C=O) groups is 1. The number of hydrogen-bond acceptors (Lipinski definition) is 5. The van der Waals surface area contributed by atoms with Gasteiger partial charge in [0, 0.05) is 19.4 Å². The molecule has 0 atom stereocenters. The van der Waals surface area contributed by atoms with Gasteiger partial charge in [-0.05, 0) is 31.4 Å². The number of nitrogens with zero attached hydrogens (tertiary/aromatic N) is 1. The summed E-state index contributed by atoms with van der Waals surface area (Å²) in [7, 11) is 0. The van der Waals surface area contributed by atoms with Crippen LogP contribution >= 0.6 is 0 Å². The standard InChI is InChI=1S/C14H19N3O3/c15-9-12(10-16-6-2-1-3-7-18)14(19)17-11-13-5-4-8-20-13/h4-5,8,10,16,18H,1-3,6-7,11H2,(H,17,19)/b12-10-. The Morgan fingerprint density at radius 3 is 2.95 bits per heavy atom. The van der Waals surface area contributed by atoms with Crippen LogP contribution < -0.4 is 10.6 Å². The summed E-state index contributed by atoms with van der Waals surface area (Å²) in [4.78, 5) is 11.7. The second kappa shape index (κ2) is 9.64. The number of aliphatic hydroxyl groups excluding tert-OH is 1. The van der Waals surface area contributed by atoms with Gasteiger partial charge in [0.1, 0.15) is 17.4 Å². The summed E-state index contributed by atoms with van der Waals surface area (Å²) in [5.41, 5.74) is 0.0266. The number of nitriles is 1. The van der Waals surface area contributed by atoms with Crippen molar-refractivity contribution in [3.8, 4) is 6.07 Å². The maximum absolute atomic E-state index is 11.7. The van der Waals surface area contributed by atoms with Crippen molar-refractivity contribution in [2.45, 2.75) is 25.8 Å². The summed E-state index contributed by atoms with van der Waals surface area (Å²) in [5.74, 6) is 0.194. The number of nitrogens with one attached hydrogen (secondary N) is 2. The Bertz CT molecular complexity index is 461. The maximum atomic E-state index is 11.7. The summed E-state index contributed by atoms with van der Waals surface area (Å²) >= 11 is 0. The van der Waals surface area contributed by atoms with Crippen LogP contribution in [-0.2, 0) is 11.3 Å². The lowest BCUT2D eigenvalue weighted by atomic mass is 10.2. The Balaban J connectivity index is 2.29. The highest BCUT2D eigenvalue weighted by molar-refractivity contribution is 5.96. The molecule has 0 radical (unpaired) electrons. The van der Waals surface area contributed by atoms with E-state index in [2.05, 4.69) is 10.6 Å². The van der Waals surface area contributed by atoms with Crippen LogP contribution in [0.15, 0.2) is 34.6 Å². The lowest BCUT2D eigenvalue weighted by Gasteiger charge is -2.03. The van der Waals surface area contributed by atoms with Gasteiger partial charge in [0.15, 0.2) is 0 Å². The van der Waals surface area contributed by atoms with Crippen molar-refractivity contribution in [1.29, 1.82) is 5.26 Å². The number of unbranched alkanes of at least 4 members (excludes halogenated alkanes) is 2. The van der Waals surface area contributed by atoms with Gasteiger partial charge in [-0.3, -0.25) is 4.79 Å². The molecule has 0 bridgehead atoms. The van der Waals surface area contributed by atoms with Crippen molar-refractivity contribution in [2.75, 3.05) is 13.2 Å². The zero-order chi connectivity index (χ0) is 14.6. The molecular weight excluding hydrogens is 258 g/mol. The number of rotatable bonds is 9. The van der Waals surface area contributed by atoms with E-state index in [1.807, 2.05) is 6.07 Å². The largest absolute Gasteiger partial charge is 0.467 e. The van der Waals surface area contributed by atoms with E-state index in [1.54, 1.807) is 12.1 Å². The Morgan fingerprint density at radius 2 is 2.30 bits per heavy atom. The third kappa shape index (κ3) is 6.07.